The Labute approximate surface area is 148 Å². The minimum atomic E-state index is -0.329. The second kappa shape index (κ2) is 6.44. The summed E-state index contributed by atoms with van der Waals surface area (Å²) in [5.41, 5.74) is 2.98. The lowest BCUT2D eigenvalue weighted by Gasteiger charge is -2.14. The third-order valence-electron chi connectivity index (χ3n) is 4.25. The number of nitrogens with zero attached hydrogens (tertiary/aromatic N) is 3. The van der Waals surface area contributed by atoms with Gasteiger partial charge in [-0.3, -0.25) is 4.79 Å². The van der Waals surface area contributed by atoms with Crippen molar-refractivity contribution in [2.75, 3.05) is 0 Å². The van der Waals surface area contributed by atoms with Crippen LogP contribution in [0.5, 0.6) is 0 Å². The van der Waals surface area contributed by atoms with Crippen LogP contribution in [0.15, 0.2) is 61.2 Å². The molecule has 6 nitrogen and oxygen atoms in total. The van der Waals surface area contributed by atoms with Gasteiger partial charge in [-0.1, -0.05) is 12.1 Å². The Morgan fingerprint density at radius 2 is 2.00 bits per heavy atom. The summed E-state index contributed by atoms with van der Waals surface area (Å²) in [5, 5.41) is 7.69. The third-order valence-corrected chi connectivity index (χ3v) is 4.25. The molecular weight excluding hydrogens is 333 g/mol. The van der Waals surface area contributed by atoms with Crippen molar-refractivity contribution in [2.24, 2.45) is 0 Å². The van der Waals surface area contributed by atoms with Crippen molar-refractivity contribution >= 4 is 16.8 Å². The first-order valence-electron chi connectivity index (χ1n) is 8.14. The molecule has 1 unspecified atom stereocenters. The third kappa shape index (κ3) is 3.06. The quantitative estimate of drug-likeness (QED) is 0.593. The fraction of sp³-hybridized carbons (Fsp3) is 0.105. The molecule has 0 fully saturated rings. The molecular formula is C19H16FN5O. The predicted molar refractivity (Wildman–Crippen MR) is 95.5 cm³/mol. The van der Waals surface area contributed by atoms with Gasteiger partial charge in [-0.05, 0) is 48.9 Å². The van der Waals surface area contributed by atoms with Crippen LogP contribution in [0.1, 0.15) is 29.0 Å². The molecule has 7 heteroatoms. The van der Waals surface area contributed by atoms with E-state index in [0.29, 0.717) is 11.1 Å². The SMILES string of the molecule is CC(NC(=O)c1cc2cc(F)ccc2[nH]1)c1ccc(-n2cncn2)cc1. The zero-order chi connectivity index (χ0) is 18.1. The van der Waals surface area contributed by atoms with E-state index in [1.165, 1.54) is 18.5 Å². The molecule has 2 heterocycles. The van der Waals surface area contributed by atoms with Gasteiger partial charge in [0.2, 0.25) is 0 Å². The summed E-state index contributed by atoms with van der Waals surface area (Å²) in [6, 6.07) is 13.5. The van der Waals surface area contributed by atoms with Crippen molar-refractivity contribution in [3.8, 4) is 5.69 Å². The van der Waals surface area contributed by atoms with Gasteiger partial charge >= 0.3 is 0 Å². The Morgan fingerprint density at radius 1 is 1.19 bits per heavy atom. The maximum atomic E-state index is 13.3. The van der Waals surface area contributed by atoms with Crippen LogP contribution in [0.2, 0.25) is 0 Å². The molecule has 4 rings (SSSR count). The summed E-state index contributed by atoms with van der Waals surface area (Å²) in [6.07, 6.45) is 3.10. The van der Waals surface area contributed by atoms with Crippen molar-refractivity contribution < 1.29 is 9.18 Å². The highest BCUT2D eigenvalue weighted by Gasteiger charge is 2.14. The number of aromatic nitrogens is 4. The van der Waals surface area contributed by atoms with Gasteiger partial charge in [-0.25, -0.2) is 14.1 Å². The highest BCUT2D eigenvalue weighted by atomic mass is 19.1. The molecule has 0 saturated carbocycles. The Hall–Kier alpha value is -3.48. The minimum Gasteiger partial charge on any atom is -0.351 e. The number of hydrogen-bond donors (Lipinski definition) is 2. The molecule has 0 saturated heterocycles. The van der Waals surface area contributed by atoms with Crippen LogP contribution in [0.4, 0.5) is 4.39 Å². The van der Waals surface area contributed by atoms with Gasteiger partial charge in [0.1, 0.15) is 24.2 Å². The molecule has 1 atom stereocenters. The fourth-order valence-corrected chi connectivity index (χ4v) is 2.84. The van der Waals surface area contributed by atoms with Gasteiger partial charge in [-0.15, -0.1) is 0 Å². The van der Waals surface area contributed by atoms with E-state index in [0.717, 1.165) is 16.8 Å². The lowest BCUT2D eigenvalue weighted by Crippen LogP contribution is -2.26. The Bertz CT molecular complexity index is 1050. The molecule has 1 amide bonds. The van der Waals surface area contributed by atoms with Gasteiger partial charge in [0.15, 0.2) is 0 Å². The summed E-state index contributed by atoms with van der Waals surface area (Å²) < 4.78 is 15.0. The largest absolute Gasteiger partial charge is 0.351 e. The molecule has 26 heavy (non-hydrogen) atoms. The molecule has 0 aliphatic carbocycles. The van der Waals surface area contributed by atoms with E-state index in [9.17, 15) is 9.18 Å². The van der Waals surface area contributed by atoms with Gasteiger partial charge in [0.05, 0.1) is 11.7 Å². The van der Waals surface area contributed by atoms with E-state index in [1.54, 1.807) is 23.1 Å². The molecule has 0 bridgehead atoms. The van der Waals surface area contributed by atoms with Crippen LogP contribution in [-0.2, 0) is 0 Å². The number of H-pyrrole nitrogens is 1. The first-order chi connectivity index (χ1) is 12.6. The first kappa shape index (κ1) is 16.0. The predicted octanol–water partition coefficient (Wildman–Crippen LogP) is 3.38. The molecule has 130 valence electrons. The number of benzene rings is 2. The number of carbonyl (C=O) groups excluding carboxylic acids is 1. The molecule has 0 radical (unpaired) electrons. The second-order valence-corrected chi connectivity index (χ2v) is 6.04. The summed E-state index contributed by atoms with van der Waals surface area (Å²) in [7, 11) is 0. The van der Waals surface area contributed by atoms with Crippen LogP contribution in [-0.4, -0.2) is 25.7 Å². The maximum absolute atomic E-state index is 13.3. The van der Waals surface area contributed by atoms with E-state index in [-0.39, 0.29) is 17.8 Å². The summed E-state index contributed by atoms with van der Waals surface area (Å²) >= 11 is 0. The van der Waals surface area contributed by atoms with Crippen LogP contribution in [0, 0.1) is 5.82 Å². The lowest BCUT2D eigenvalue weighted by atomic mass is 10.1. The minimum absolute atomic E-state index is 0.185. The van der Waals surface area contributed by atoms with E-state index >= 15 is 0 Å². The lowest BCUT2D eigenvalue weighted by molar-refractivity contribution is 0.0935. The van der Waals surface area contributed by atoms with Crippen molar-refractivity contribution in [3.05, 3.63) is 78.3 Å². The molecule has 2 aromatic carbocycles. The normalized spacial score (nSPS) is 12.2. The number of aromatic amines is 1. The van der Waals surface area contributed by atoms with E-state index in [4.69, 9.17) is 0 Å². The zero-order valence-corrected chi connectivity index (χ0v) is 14.0. The number of halogens is 1. The van der Waals surface area contributed by atoms with Gasteiger partial charge in [-0.2, -0.15) is 5.10 Å². The Morgan fingerprint density at radius 3 is 2.73 bits per heavy atom. The first-order valence-corrected chi connectivity index (χ1v) is 8.14. The summed E-state index contributed by atoms with van der Waals surface area (Å²) in [5.74, 6) is -0.571. The molecule has 0 aliphatic rings. The average Bonchev–Trinajstić information content (AvgIpc) is 3.31. The molecule has 0 aliphatic heterocycles. The second-order valence-electron chi connectivity index (χ2n) is 6.04. The molecule has 2 aromatic heterocycles. The van der Waals surface area contributed by atoms with Crippen LogP contribution < -0.4 is 5.32 Å². The number of amides is 1. The summed E-state index contributed by atoms with van der Waals surface area (Å²) in [4.78, 5) is 19.4. The van der Waals surface area contributed by atoms with E-state index < -0.39 is 0 Å². The number of rotatable bonds is 4. The molecule has 4 aromatic rings. The zero-order valence-electron chi connectivity index (χ0n) is 14.0. The standard InChI is InChI=1S/C19H16FN5O/c1-12(13-2-5-16(6-3-13)25-11-21-10-22-25)23-19(26)18-9-14-8-15(20)4-7-17(14)24-18/h2-12,24H,1H3,(H,23,26). The van der Waals surface area contributed by atoms with Gasteiger partial charge in [0, 0.05) is 10.9 Å². The highest BCUT2D eigenvalue weighted by Crippen LogP contribution is 2.19. The monoisotopic (exact) mass is 349 g/mol. The topological polar surface area (TPSA) is 75.6 Å². The Balaban J connectivity index is 1.49. The number of fused-ring (bicyclic) bond motifs is 1. The molecule has 0 spiro atoms. The van der Waals surface area contributed by atoms with Crippen molar-refractivity contribution in [3.63, 3.8) is 0 Å². The van der Waals surface area contributed by atoms with Crippen LogP contribution in [0.3, 0.4) is 0 Å². The van der Waals surface area contributed by atoms with Crippen molar-refractivity contribution in [1.29, 1.82) is 0 Å². The number of hydrogen-bond acceptors (Lipinski definition) is 3. The van der Waals surface area contributed by atoms with Gasteiger partial charge in [0.25, 0.3) is 5.91 Å². The van der Waals surface area contributed by atoms with Crippen LogP contribution in [0.25, 0.3) is 16.6 Å². The number of nitrogens with one attached hydrogen (secondary N) is 2. The van der Waals surface area contributed by atoms with Gasteiger partial charge < -0.3 is 10.3 Å². The van der Waals surface area contributed by atoms with Crippen LogP contribution >= 0.6 is 0 Å². The molecule has 2 N–H and O–H groups in total. The van der Waals surface area contributed by atoms with E-state index in [2.05, 4.69) is 20.4 Å². The average molecular weight is 349 g/mol. The maximum Gasteiger partial charge on any atom is 0.268 e. The smallest absolute Gasteiger partial charge is 0.268 e. The highest BCUT2D eigenvalue weighted by molar-refractivity contribution is 5.98. The summed E-state index contributed by atoms with van der Waals surface area (Å²) in [6.45, 7) is 1.91. The van der Waals surface area contributed by atoms with Crippen molar-refractivity contribution in [1.82, 2.24) is 25.1 Å². The number of carbonyl (C=O) groups is 1. The fourth-order valence-electron chi connectivity index (χ4n) is 2.84. The van der Waals surface area contributed by atoms with E-state index in [1.807, 2.05) is 31.2 Å². The van der Waals surface area contributed by atoms with Crippen molar-refractivity contribution in [2.45, 2.75) is 13.0 Å². The Kier molecular flexibility index (Phi) is 3.96.